The van der Waals surface area contributed by atoms with E-state index in [1.807, 2.05) is 20.8 Å². The highest BCUT2D eigenvalue weighted by atomic mass is 32.2. The minimum absolute atomic E-state index is 0.0260. The largest absolute Gasteiger partial charge is 0.598 e. The Morgan fingerprint density at radius 3 is 2.37 bits per heavy atom. The normalized spacial score (nSPS) is 31.6. The summed E-state index contributed by atoms with van der Waals surface area (Å²) in [5.41, 5.74) is -0.117. The van der Waals surface area contributed by atoms with E-state index in [4.69, 9.17) is 4.74 Å². The third-order valence-electron chi connectivity index (χ3n) is 4.27. The number of piperidine rings is 1. The summed E-state index contributed by atoms with van der Waals surface area (Å²) in [7, 11) is 0. The van der Waals surface area contributed by atoms with Crippen molar-refractivity contribution >= 4 is 11.4 Å². The van der Waals surface area contributed by atoms with E-state index in [0.29, 0.717) is 0 Å². The molecule has 2 aliphatic heterocycles. The van der Waals surface area contributed by atoms with Crippen LogP contribution in [0.3, 0.4) is 0 Å². The van der Waals surface area contributed by atoms with Gasteiger partial charge in [-0.05, 0) is 46.7 Å². The molecule has 112 valence electrons. The zero-order valence-electron chi connectivity index (χ0n) is 12.8. The Labute approximate surface area is 120 Å². The van der Waals surface area contributed by atoms with Gasteiger partial charge in [0.2, 0.25) is 0 Å². The number of hydrogen-bond acceptors (Lipinski definition) is 4. The highest BCUT2D eigenvalue weighted by Gasteiger charge is 2.56. The Bertz CT molecular complexity index is 322. The molecule has 19 heavy (non-hydrogen) atoms. The first-order chi connectivity index (χ1) is 8.67. The lowest BCUT2D eigenvalue weighted by atomic mass is 9.75. The van der Waals surface area contributed by atoms with Crippen LogP contribution >= 0.6 is 0 Å². The first kappa shape index (κ1) is 15.6. The molecule has 1 spiro atoms. The predicted octanol–water partition coefficient (Wildman–Crippen LogP) is 1.59. The molecule has 0 bridgehead atoms. The second-order valence-corrected chi connectivity index (χ2v) is 9.52. The summed E-state index contributed by atoms with van der Waals surface area (Å²) >= 11 is -1.05. The average molecular weight is 288 g/mol. The van der Waals surface area contributed by atoms with E-state index < -0.39 is 11.4 Å². The number of hydrogen-bond donors (Lipinski definition) is 2. The molecule has 0 amide bonds. The van der Waals surface area contributed by atoms with E-state index in [1.54, 1.807) is 0 Å². The SMILES string of the molecule is CC1(C)COC2(CCNCC2)C1N[S+]([O-])C(C)(C)C. The summed E-state index contributed by atoms with van der Waals surface area (Å²) in [4.78, 5) is 0. The topological polar surface area (TPSA) is 56.3 Å². The molecule has 5 heteroatoms. The van der Waals surface area contributed by atoms with Crippen LogP contribution in [0.1, 0.15) is 47.5 Å². The first-order valence-corrected chi connectivity index (χ1v) is 8.35. The van der Waals surface area contributed by atoms with Gasteiger partial charge in [0, 0.05) is 16.8 Å². The lowest BCUT2D eigenvalue weighted by Crippen LogP contribution is -2.60. The predicted molar refractivity (Wildman–Crippen MR) is 79.4 cm³/mol. The zero-order chi connectivity index (χ0) is 14.3. The fraction of sp³-hybridized carbons (Fsp3) is 1.00. The maximum atomic E-state index is 12.5. The number of rotatable bonds is 2. The Morgan fingerprint density at radius 1 is 1.26 bits per heavy atom. The molecule has 2 heterocycles. The standard InChI is InChI=1S/C14H28N2O2S/c1-12(2,3)19(17)16-11-13(4,5)10-18-14(11)6-8-15-9-7-14/h11,15-16H,6-10H2,1-5H3. The van der Waals surface area contributed by atoms with Gasteiger partial charge in [-0.1, -0.05) is 13.8 Å². The molecule has 2 saturated heterocycles. The van der Waals surface area contributed by atoms with Crippen molar-refractivity contribution < 1.29 is 9.29 Å². The molecule has 0 aromatic heterocycles. The van der Waals surface area contributed by atoms with Crippen molar-refractivity contribution in [2.45, 2.75) is 63.9 Å². The molecule has 0 saturated carbocycles. The van der Waals surface area contributed by atoms with Gasteiger partial charge >= 0.3 is 0 Å². The van der Waals surface area contributed by atoms with Crippen molar-refractivity contribution in [1.29, 1.82) is 0 Å². The highest BCUT2D eigenvalue weighted by Crippen LogP contribution is 2.44. The van der Waals surface area contributed by atoms with E-state index in [1.165, 1.54) is 0 Å². The van der Waals surface area contributed by atoms with Crippen molar-refractivity contribution in [3.05, 3.63) is 0 Å². The fourth-order valence-electron chi connectivity index (χ4n) is 3.04. The molecule has 2 N–H and O–H groups in total. The van der Waals surface area contributed by atoms with Crippen LogP contribution in [0, 0.1) is 5.41 Å². The van der Waals surface area contributed by atoms with Gasteiger partial charge in [-0.15, -0.1) is 4.72 Å². The van der Waals surface area contributed by atoms with Crippen LogP contribution in [0.5, 0.6) is 0 Å². The third-order valence-corrected chi connectivity index (χ3v) is 5.83. The van der Waals surface area contributed by atoms with Gasteiger partial charge < -0.3 is 14.6 Å². The van der Waals surface area contributed by atoms with Gasteiger partial charge in [0.15, 0.2) is 0 Å². The van der Waals surface area contributed by atoms with Gasteiger partial charge in [0.1, 0.15) is 4.75 Å². The van der Waals surface area contributed by atoms with Crippen LogP contribution in [0.4, 0.5) is 0 Å². The summed E-state index contributed by atoms with van der Waals surface area (Å²) in [6, 6.07) is 0.155. The molecule has 0 radical (unpaired) electrons. The third kappa shape index (κ3) is 3.10. The van der Waals surface area contributed by atoms with Crippen molar-refractivity contribution in [3.63, 3.8) is 0 Å². The molecule has 2 unspecified atom stereocenters. The van der Waals surface area contributed by atoms with Gasteiger partial charge in [-0.25, -0.2) is 0 Å². The van der Waals surface area contributed by atoms with Crippen molar-refractivity contribution in [1.82, 2.24) is 10.0 Å². The van der Waals surface area contributed by atoms with Gasteiger partial charge in [-0.2, -0.15) is 0 Å². The highest BCUT2D eigenvalue weighted by molar-refractivity contribution is 7.90. The van der Waals surface area contributed by atoms with Crippen molar-refractivity contribution in [2.24, 2.45) is 5.41 Å². The molecular weight excluding hydrogens is 260 g/mol. The molecular formula is C14H28N2O2S. The van der Waals surface area contributed by atoms with Gasteiger partial charge in [0.05, 0.1) is 18.2 Å². The maximum Gasteiger partial charge on any atom is 0.136 e. The van der Waals surface area contributed by atoms with Crippen LogP contribution in [-0.2, 0) is 16.1 Å². The summed E-state index contributed by atoms with van der Waals surface area (Å²) in [6.45, 7) is 13.2. The molecule has 4 nitrogen and oxygen atoms in total. The van der Waals surface area contributed by atoms with Crippen molar-refractivity contribution in [2.75, 3.05) is 19.7 Å². The Hall–Kier alpha value is 0.190. The Balaban J connectivity index is 2.17. The summed E-state index contributed by atoms with van der Waals surface area (Å²) in [6.07, 6.45) is 1.99. The average Bonchev–Trinajstić information content (AvgIpc) is 2.54. The Morgan fingerprint density at radius 2 is 1.84 bits per heavy atom. The quantitative estimate of drug-likeness (QED) is 0.758. The molecule has 0 aromatic carbocycles. The summed E-state index contributed by atoms with van der Waals surface area (Å²) in [5, 5.41) is 3.38. The molecule has 0 aliphatic carbocycles. The zero-order valence-corrected chi connectivity index (χ0v) is 13.7. The van der Waals surface area contributed by atoms with Crippen molar-refractivity contribution in [3.8, 4) is 0 Å². The Kier molecular flexibility index (Phi) is 4.25. The minimum Gasteiger partial charge on any atom is -0.598 e. The lowest BCUT2D eigenvalue weighted by Gasteiger charge is -2.42. The first-order valence-electron chi connectivity index (χ1n) is 7.20. The van der Waals surface area contributed by atoms with E-state index >= 15 is 0 Å². The van der Waals surface area contributed by atoms with Crippen LogP contribution in [0.25, 0.3) is 0 Å². The summed E-state index contributed by atoms with van der Waals surface area (Å²) < 4.78 is 21.8. The van der Waals surface area contributed by atoms with E-state index in [9.17, 15) is 4.55 Å². The van der Waals surface area contributed by atoms with E-state index in [-0.39, 0.29) is 21.8 Å². The van der Waals surface area contributed by atoms with Gasteiger partial charge in [-0.3, -0.25) is 0 Å². The molecule has 2 atom stereocenters. The van der Waals surface area contributed by atoms with Crippen LogP contribution < -0.4 is 10.0 Å². The lowest BCUT2D eigenvalue weighted by molar-refractivity contribution is -0.0302. The monoisotopic (exact) mass is 288 g/mol. The van der Waals surface area contributed by atoms with E-state index in [0.717, 1.165) is 32.5 Å². The second kappa shape index (κ2) is 5.19. The number of ether oxygens (including phenoxy) is 1. The maximum absolute atomic E-state index is 12.5. The van der Waals surface area contributed by atoms with Gasteiger partial charge in [0.25, 0.3) is 0 Å². The second-order valence-electron chi connectivity index (χ2n) is 7.52. The number of nitrogens with one attached hydrogen (secondary N) is 2. The van der Waals surface area contributed by atoms with Crippen LogP contribution in [0.2, 0.25) is 0 Å². The molecule has 2 fully saturated rings. The van der Waals surface area contributed by atoms with Crippen LogP contribution in [-0.4, -0.2) is 40.6 Å². The van der Waals surface area contributed by atoms with E-state index in [2.05, 4.69) is 23.9 Å². The molecule has 0 aromatic rings. The summed E-state index contributed by atoms with van der Waals surface area (Å²) in [5.74, 6) is 0. The molecule has 2 aliphatic rings. The minimum atomic E-state index is -1.05. The fourth-order valence-corrected chi connectivity index (χ4v) is 4.14. The molecule has 2 rings (SSSR count). The van der Waals surface area contributed by atoms with Crippen LogP contribution in [0.15, 0.2) is 0 Å². The smallest absolute Gasteiger partial charge is 0.136 e.